The molecular formula is C10H13NO3S. The van der Waals surface area contributed by atoms with Crippen LogP contribution in [0.5, 0.6) is 5.75 Å². The lowest BCUT2D eigenvalue weighted by Gasteiger charge is -2.07. The molecule has 2 rings (SSSR count). The van der Waals surface area contributed by atoms with Crippen LogP contribution in [0.3, 0.4) is 0 Å². The lowest BCUT2D eigenvalue weighted by Crippen LogP contribution is -2.29. The molecule has 5 heteroatoms. The van der Waals surface area contributed by atoms with Crippen LogP contribution in [0, 0.1) is 0 Å². The van der Waals surface area contributed by atoms with Crippen LogP contribution in [-0.4, -0.2) is 32.4 Å². The molecule has 1 aliphatic rings. The minimum absolute atomic E-state index is 0.119. The first-order valence-corrected chi connectivity index (χ1v) is 6.30. The third-order valence-electron chi connectivity index (χ3n) is 2.67. The number of phenols is 1. The molecule has 0 aromatic heterocycles. The molecule has 82 valence electrons. The summed E-state index contributed by atoms with van der Waals surface area (Å²) >= 11 is 0. The fourth-order valence-corrected chi connectivity index (χ4v) is 3.86. The molecule has 0 aliphatic carbocycles. The highest BCUT2D eigenvalue weighted by molar-refractivity contribution is 7.92. The molecule has 1 aromatic carbocycles. The molecule has 1 aromatic rings. The number of phenolic OH excluding ortho intramolecular Hbond substituents is 1. The summed E-state index contributed by atoms with van der Waals surface area (Å²) in [6, 6.07) is 4.43. The van der Waals surface area contributed by atoms with Gasteiger partial charge < -0.3 is 10.4 Å². The topological polar surface area (TPSA) is 66.4 Å². The fourth-order valence-electron chi connectivity index (χ4n) is 1.95. The summed E-state index contributed by atoms with van der Waals surface area (Å²) in [4.78, 5) is 0.362. The van der Waals surface area contributed by atoms with Gasteiger partial charge in [-0.15, -0.1) is 0 Å². The first kappa shape index (κ1) is 10.4. The first-order chi connectivity index (χ1) is 7.05. The molecule has 0 saturated carbocycles. The van der Waals surface area contributed by atoms with Gasteiger partial charge in [-0.05, 0) is 37.2 Å². The van der Waals surface area contributed by atoms with Crippen molar-refractivity contribution in [3.05, 3.63) is 23.8 Å². The molecule has 15 heavy (non-hydrogen) atoms. The fraction of sp³-hybridized carbons (Fsp3) is 0.400. The Morgan fingerprint density at radius 1 is 1.53 bits per heavy atom. The van der Waals surface area contributed by atoms with Gasteiger partial charge in [0.1, 0.15) is 5.75 Å². The highest BCUT2D eigenvalue weighted by Gasteiger charge is 2.36. The number of aromatic hydroxyl groups is 1. The zero-order valence-electron chi connectivity index (χ0n) is 8.40. The van der Waals surface area contributed by atoms with Gasteiger partial charge in [0.2, 0.25) is 0 Å². The summed E-state index contributed by atoms with van der Waals surface area (Å²) in [6.45, 7) is 0.442. The van der Waals surface area contributed by atoms with E-state index in [0.29, 0.717) is 17.9 Å². The summed E-state index contributed by atoms with van der Waals surface area (Å²) in [7, 11) is -1.47. The third-order valence-corrected chi connectivity index (χ3v) is 4.89. The molecule has 4 nitrogen and oxygen atoms in total. The van der Waals surface area contributed by atoms with Gasteiger partial charge >= 0.3 is 0 Å². The van der Waals surface area contributed by atoms with E-state index < -0.39 is 15.1 Å². The van der Waals surface area contributed by atoms with Crippen LogP contribution in [0.15, 0.2) is 23.1 Å². The Morgan fingerprint density at radius 2 is 2.27 bits per heavy atom. The molecule has 1 aliphatic heterocycles. The number of hydrogen-bond donors (Lipinski definition) is 2. The maximum Gasteiger partial charge on any atom is 0.183 e. The van der Waals surface area contributed by atoms with Crippen molar-refractivity contribution in [2.24, 2.45) is 0 Å². The van der Waals surface area contributed by atoms with Crippen LogP contribution in [0.25, 0.3) is 0 Å². The number of rotatable bonds is 2. The van der Waals surface area contributed by atoms with Gasteiger partial charge in [0.15, 0.2) is 9.84 Å². The van der Waals surface area contributed by atoms with Crippen molar-refractivity contribution < 1.29 is 13.5 Å². The Bertz CT molecular complexity index is 481. The maximum atomic E-state index is 12.0. The van der Waals surface area contributed by atoms with Gasteiger partial charge in [0, 0.05) is 6.54 Å². The van der Waals surface area contributed by atoms with Crippen molar-refractivity contribution in [3.63, 3.8) is 0 Å². The Hall–Kier alpha value is -1.07. The second-order valence-electron chi connectivity index (χ2n) is 3.72. The largest absolute Gasteiger partial charge is 0.508 e. The van der Waals surface area contributed by atoms with E-state index in [9.17, 15) is 13.5 Å². The molecule has 0 radical (unpaired) electrons. The Balaban J connectivity index is 2.48. The Labute approximate surface area is 88.9 Å². The van der Waals surface area contributed by atoms with Crippen LogP contribution < -0.4 is 5.32 Å². The van der Waals surface area contributed by atoms with Crippen LogP contribution in [-0.2, 0) is 16.3 Å². The second-order valence-corrected chi connectivity index (χ2v) is 5.92. The summed E-state index contributed by atoms with van der Waals surface area (Å²) < 4.78 is 23.9. The molecule has 2 N–H and O–H groups in total. The van der Waals surface area contributed by atoms with Crippen LogP contribution >= 0.6 is 0 Å². The molecule has 1 atom stereocenters. The molecule has 0 spiro atoms. The van der Waals surface area contributed by atoms with Crippen molar-refractivity contribution in [3.8, 4) is 5.75 Å². The maximum absolute atomic E-state index is 12.0. The molecule has 0 saturated heterocycles. The number of fused-ring (bicyclic) bond motifs is 1. The van der Waals surface area contributed by atoms with Crippen LogP contribution in [0.4, 0.5) is 0 Å². The van der Waals surface area contributed by atoms with E-state index in [2.05, 4.69) is 5.32 Å². The quantitative estimate of drug-likeness (QED) is 0.763. The van der Waals surface area contributed by atoms with Crippen LogP contribution in [0.1, 0.15) is 5.56 Å². The highest BCUT2D eigenvalue weighted by Crippen LogP contribution is 2.32. The molecule has 1 heterocycles. The zero-order valence-corrected chi connectivity index (χ0v) is 9.21. The highest BCUT2D eigenvalue weighted by atomic mass is 32.2. The lowest BCUT2D eigenvalue weighted by molar-refractivity contribution is 0.474. The van der Waals surface area contributed by atoms with Crippen molar-refractivity contribution in [2.75, 3.05) is 13.6 Å². The van der Waals surface area contributed by atoms with E-state index in [1.807, 2.05) is 0 Å². The Kier molecular flexibility index (Phi) is 2.44. The average molecular weight is 227 g/mol. The summed E-state index contributed by atoms with van der Waals surface area (Å²) in [5.41, 5.74) is 0.718. The molecular weight excluding hydrogens is 214 g/mol. The standard InChI is InChI=1S/C10H13NO3S/c1-11-6-9-5-7-4-8(12)2-3-10(7)15(9,13)14/h2-4,9,11-12H,5-6H2,1H3. The van der Waals surface area contributed by atoms with Gasteiger partial charge in [-0.3, -0.25) is 0 Å². The minimum Gasteiger partial charge on any atom is -0.508 e. The monoisotopic (exact) mass is 227 g/mol. The SMILES string of the molecule is CNCC1Cc2cc(O)ccc2S1(=O)=O. The van der Waals surface area contributed by atoms with E-state index in [4.69, 9.17) is 0 Å². The smallest absolute Gasteiger partial charge is 0.183 e. The van der Waals surface area contributed by atoms with Crippen LogP contribution in [0.2, 0.25) is 0 Å². The number of nitrogens with one attached hydrogen (secondary N) is 1. The van der Waals surface area contributed by atoms with E-state index in [1.54, 1.807) is 7.05 Å². The predicted molar refractivity (Wildman–Crippen MR) is 56.7 cm³/mol. The summed E-state index contributed by atoms with van der Waals surface area (Å²) in [6.07, 6.45) is 0.479. The average Bonchev–Trinajstić information content (AvgIpc) is 2.39. The zero-order chi connectivity index (χ0) is 11.1. The van der Waals surface area contributed by atoms with Crippen molar-refractivity contribution >= 4 is 9.84 Å². The van der Waals surface area contributed by atoms with Gasteiger partial charge in [0.25, 0.3) is 0 Å². The number of hydrogen-bond acceptors (Lipinski definition) is 4. The van der Waals surface area contributed by atoms with Crippen molar-refractivity contribution in [1.82, 2.24) is 5.32 Å². The first-order valence-electron chi connectivity index (χ1n) is 4.76. The second kappa shape index (κ2) is 3.50. The molecule has 1 unspecified atom stereocenters. The van der Waals surface area contributed by atoms with Crippen molar-refractivity contribution in [1.29, 1.82) is 0 Å². The molecule has 0 fully saturated rings. The number of benzene rings is 1. The Morgan fingerprint density at radius 3 is 2.93 bits per heavy atom. The van der Waals surface area contributed by atoms with Crippen molar-refractivity contribution in [2.45, 2.75) is 16.6 Å². The lowest BCUT2D eigenvalue weighted by atomic mass is 10.1. The van der Waals surface area contributed by atoms with Gasteiger partial charge in [0.05, 0.1) is 10.1 Å². The molecule has 0 amide bonds. The summed E-state index contributed by atoms with van der Waals surface area (Å²) in [5, 5.41) is 11.7. The van der Waals surface area contributed by atoms with E-state index in [1.165, 1.54) is 18.2 Å². The van der Waals surface area contributed by atoms with E-state index in [0.717, 1.165) is 5.56 Å². The van der Waals surface area contributed by atoms with E-state index >= 15 is 0 Å². The predicted octanol–water partition coefficient (Wildman–Crippen LogP) is 0.310. The third kappa shape index (κ3) is 1.61. The van der Waals surface area contributed by atoms with Gasteiger partial charge in [-0.2, -0.15) is 0 Å². The number of sulfone groups is 1. The van der Waals surface area contributed by atoms with E-state index in [-0.39, 0.29) is 5.75 Å². The summed E-state index contributed by atoms with van der Waals surface area (Å²) in [5.74, 6) is 0.119. The molecule has 0 bridgehead atoms. The van der Waals surface area contributed by atoms with Gasteiger partial charge in [-0.25, -0.2) is 8.42 Å². The normalized spacial score (nSPS) is 22.6. The minimum atomic E-state index is -3.20. The van der Waals surface area contributed by atoms with Gasteiger partial charge in [-0.1, -0.05) is 0 Å².